The smallest absolute Gasteiger partial charge is 0.294 e. The summed E-state index contributed by atoms with van der Waals surface area (Å²) in [5, 5.41) is 2.20. The number of carbonyl (C=O) groups excluding carboxylic acids is 3. The number of rotatable bonds is 8. The van der Waals surface area contributed by atoms with Crippen LogP contribution in [0.25, 0.3) is 6.08 Å². The molecule has 0 saturated carbocycles. The molecule has 3 rings (SSSR count). The Bertz CT molecular complexity index is 1100. The second-order valence-corrected chi connectivity index (χ2v) is 7.76. The van der Waals surface area contributed by atoms with Gasteiger partial charge in [-0.2, -0.15) is 0 Å². The Labute approximate surface area is 190 Å². The van der Waals surface area contributed by atoms with Crippen molar-refractivity contribution >= 4 is 40.6 Å². The summed E-state index contributed by atoms with van der Waals surface area (Å²) < 4.78 is 10.7. The molecule has 3 amide bonds. The first-order valence-corrected chi connectivity index (χ1v) is 10.6. The van der Waals surface area contributed by atoms with Gasteiger partial charge in [0.25, 0.3) is 11.1 Å². The summed E-state index contributed by atoms with van der Waals surface area (Å²) in [5.74, 6) is 2.32. The Balaban J connectivity index is 1.69. The van der Waals surface area contributed by atoms with Crippen LogP contribution in [0.4, 0.5) is 10.5 Å². The van der Waals surface area contributed by atoms with Crippen LogP contribution in [0.5, 0.6) is 11.5 Å². The van der Waals surface area contributed by atoms with Crippen molar-refractivity contribution in [3.8, 4) is 23.8 Å². The molecule has 1 aliphatic rings. The van der Waals surface area contributed by atoms with E-state index in [0.29, 0.717) is 22.7 Å². The van der Waals surface area contributed by atoms with Crippen molar-refractivity contribution in [3.05, 3.63) is 58.5 Å². The summed E-state index contributed by atoms with van der Waals surface area (Å²) in [6.45, 7) is 1.78. The maximum absolute atomic E-state index is 12.7. The molecule has 0 spiro atoms. The minimum absolute atomic E-state index is 0.0966. The van der Waals surface area contributed by atoms with E-state index in [0.717, 1.165) is 28.6 Å². The van der Waals surface area contributed by atoms with Crippen molar-refractivity contribution in [2.24, 2.45) is 0 Å². The molecule has 0 unspecified atom stereocenters. The zero-order chi connectivity index (χ0) is 23.1. The Hall–Kier alpha value is -3.70. The van der Waals surface area contributed by atoms with Crippen LogP contribution in [-0.4, -0.2) is 42.2 Å². The molecule has 0 aromatic heterocycles. The second kappa shape index (κ2) is 10.6. The molecule has 2 aromatic carbocycles. The summed E-state index contributed by atoms with van der Waals surface area (Å²) in [6, 6.07) is 12.5. The van der Waals surface area contributed by atoms with Gasteiger partial charge in [-0.15, -0.1) is 6.42 Å². The minimum atomic E-state index is -0.525. The van der Waals surface area contributed by atoms with Crippen LogP contribution in [0, 0.1) is 12.3 Å². The fraction of sp³-hybridized carbons (Fsp3) is 0.208. The molecule has 0 aliphatic carbocycles. The first-order valence-electron chi connectivity index (χ1n) is 9.83. The topological polar surface area (TPSA) is 84.9 Å². The second-order valence-electron chi connectivity index (χ2n) is 6.77. The SMILES string of the molecule is C#CCOc1ccc(/C=C2\SC(=O)N(CC(=O)Nc3ccc(CC)cc3)C2=O)cc1OC. The third kappa shape index (κ3) is 5.50. The lowest BCUT2D eigenvalue weighted by molar-refractivity contribution is -0.127. The largest absolute Gasteiger partial charge is 0.493 e. The Morgan fingerprint density at radius 1 is 1.19 bits per heavy atom. The lowest BCUT2D eigenvalue weighted by Crippen LogP contribution is -2.36. The molecule has 164 valence electrons. The summed E-state index contributed by atoms with van der Waals surface area (Å²) >= 11 is 0.781. The summed E-state index contributed by atoms with van der Waals surface area (Å²) in [6.07, 6.45) is 7.67. The van der Waals surface area contributed by atoms with E-state index in [1.165, 1.54) is 7.11 Å². The van der Waals surface area contributed by atoms with Gasteiger partial charge in [-0.1, -0.05) is 31.0 Å². The highest BCUT2D eigenvalue weighted by molar-refractivity contribution is 8.18. The van der Waals surface area contributed by atoms with Gasteiger partial charge in [-0.05, 0) is 59.7 Å². The standard InChI is InChI=1S/C24H22N2O5S/c1-4-12-31-19-11-8-17(13-20(19)30-3)14-21-23(28)26(24(29)32-21)15-22(27)25-18-9-6-16(5-2)7-10-18/h1,6-11,13-14H,5,12,15H2,2-3H3,(H,25,27)/b21-14-. The third-order valence-corrected chi connectivity index (χ3v) is 5.53. The number of hydrogen-bond acceptors (Lipinski definition) is 6. The van der Waals surface area contributed by atoms with E-state index in [1.807, 2.05) is 19.1 Å². The number of nitrogens with zero attached hydrogens (tertiary/aromatic N) is 1. The van der Waals surface area contributed by atoms with Gasteiger partial charge in [0.2, 0.25) is 5.91 Å². The van der Waals surface area contributed by atoms with E-state index in [9.17, 15) is 14.4 Å². The Morgan fingerprint density at radius 2 is 1.94 bits per heavy atom. The van der Waals surface area contributed by atoms with Gasteiger partial charge >= 0.3 is 0 Å². The van der Waals surface area contributed by atoms with E-state index in [1.54, 1.807) is 36.4 Å². The molecule has 8 heteroatoms. The number of hydrogen-bond donors (Lipinski definition) is 1. The first-order chi connectivity index (χ1) is 15.4. The normalized spacial score (nSPS) is 14.4. The van der Waals surface area contributed by atoms with Crippen LogP contribution in [0.1, 0.15) is 18.1 Å². The molecule has 7 nitrogen and oxygen atoms in total. The maximum Gasteiger partial charge on any atom is 0.294 e. The van der Waals surface area contributed by atoms with E-state index in [-0.39, 0.29) is 18.1 Å². The molecular formula is C24H22N2O5S. The van der Waals surface area contributed by atoms with Crippen molar-refractivity contribution in [1.82, 2.24) is 4.90 Å². The van der Waals surface area contributed by atoms with E-state index in [2.05, 4.69) is 11.2 Å². The highest BCUT2D eigenvalue weighted by atomic mass is 32.2. The number of amides is 3. The highest BCUT2D eigenvalue weighted by Crippen LogP contribution is 2.34. The Morgan fingerprint density at radius 3 is 2.59 bits per heavy atom. The van der Waals surface area contributed by atoms with Gasteiger partial charge in [-0.25, -0.2) is 0 Å². The van der Waals surface area contributed by atoms with Crippen molar-refractivity contribution < 1.29 is 23.9 Å². The van der Waals surface area contributed by atoms with Gasteiger partial charge in [0.15, 0.2) is 11.5 Å². The predicted octanol–water partition coefficient (Wildman–Crippen LogP) is 3.94. The molecule has 2 aromatic rings. The predicted molar refractivity (Wildman–Crippen MR) is 124 cm³/mol. The number of imide groups is 1. The zero-order valence-corrected chi connectivity index (χ0v) is 18.5. The molecule has 1 N–H and O–H groups in total. The van der Waals surface area contributed by atoms with Gasteiger partial charge in [0, 0.05) is 5.69 Å². The molecule has 1 saturated heterocycles. The monoisotopic (exact) mass is 450 g/mol. The van der Waals surface area contributed by atoms with E-state index < -0.39 is 17.1 Å². The first kappa shape index (κ1) is 23.0. The Kier molecular flexibility index (Phi) is 7.58. The average molecular weight is 451 g/mol. The van der Waals surface area contributed by atoms with Crippen LogP contribution >= 0.6 is 11.8 Å². The van der Waals surface area contributed by atoms with Crippen LogP contribution in [0.2, 0.25) is 0 Å². The average Bonchev–Trinajstić information content (AvgIpc) is 3.05. The molecule has 0 bridgehead atoms. The number of terminal acetylenes is 1. The molecule has 0 radical (unpaired) electrons. The summed E-state index contributed by atoms with van der Waals surface area (Å²) in [5.41, 5.74) is 2.39. The van der Waals surface area contributed by atoms with Crippen LogP contribution in [0.3, 0.4) is 0 Å². The summed E-state index contributed by atoms with van der Waals surface area (Å²) in [7, 11) is 1.49. The number of ether oxygens (including phenoxy) is 2. The number of aryl methyl sites for hydroxylation is 1. The van der Waals surface area contributed by atoms with Crippen LogP contribution < -0.4 is 14.8 Å². The number of anilines is 1. The number of carbonyl (C=O) groups is 3. The van der Waals surface area contributed by atoms with Gasteiger partial charge in [0.1, 0.15) is 13.2 Å². The van der Waals surface area contributed by atoms with Crippen molar-refractivity contribution in [2.45, 2.75) is 13.3 Å². The lowest BCUT2D eigenvalue weighted by Gasteiger charge is -2.12. The fourth-order valence-corrected chi connectivity index (χ4v) is 3.81. The van der Waals surface area contributed by atoms with Gasteiger partial charge in [-0.3, -0.25) is 19.3 Å². The van der Waals surface area contributed by atoms with Crippen molar-refractivity contribution in [1.29, 1.82) is 0 Å². The maximum atomic E-state index is 12.7. The number of methoxy groups -OCH3 is 1. The van der Waals surface area contributed by atoms with E-state index in [4.69, 9.17) is 15.9 Å². The van der Waals surface area contributed by atoms with E-state index >= 15 is 0 Å². The number of benzene rings is 2. The van der Waals surface area contributed by atoms with Crippen molar-refractivity contribution in [2.75, 3.05) is 25.6 Å². The molecule has 1 aliphatic heterocycles. The number of nitrogens with one attached hydrogen (secondary N) is 1. The van der Waals surface area contributed by atoms with Crippen LogP contribution in [-0.2, 0) is 16.0 Å². The quantitative estimate of drug-likeness (QED) is 0.484. The lowest BCUT2D eigenvalue weighted by atomic mass is 10.1. The minimum Gasteiger partial charge on any atom is -0.493 e. The molecule has 32 heavy (non-hydrogen) atoms. The third-order valence-electron chi connectivity index (χ3n) is 4.62. The molecule has 1 fully saturated rings. The summed E-state index contributed by atoms with van der Waals surface area (Å²) in [4.78, 5) is 38.5. The van der Waals surface area contributed by atoms with Crippen LogP contribution in [0.15, 0.2) is 47.4 Å². The molecular weight excluding hydrogens is 428 g/mol. The molecule has 1 heterocycles. The van der Waals surface area contributed by atoms with Crippen molar-refractivity contribution in [3.63, 3.8) is 0 Å². The molecule has 0 atom stereocenters. The fourth-order valence-electron chi connectivity index (χ4n) is 2.97. The number of thioether (sulfide) groups is 1. The van der Waals surface area contributed by atoms with Gasteiger partial charge in [0.05, 0.1) is 12.0 Å². The zero-order valence-electron chi connectivity index (χ0n) is 17.7. The highest BCUT2D eigenvalue weighted by Gasteiger charge is 2.36. The van der Waals surface area contributed by atoms with Gasteiger partial charge < -0.3 is 14.8 Å².